The highest BCUT2D eigenvalue weighted by molar-refractivity contribution is 7.12. The summed E-state index contributed by atoms with van der Waals surface area (Å²) in [5.41, 5.74) is 1.97. The highest BCUT2D eigenvalue weighted by Crippen LogP contribution is 2.37. The zero-order valence-corrected chi connectivity index (χ0v) is 13.5. The summed E-state index contributed by atoms with van der Waals surface area (Å²) in [7, 11) is 0. The second kappa shape index (κ2) is 6.32. The summed E-state index contributed by atoms with van der Waals surface area (Å²) in [6.07, 6.45) is 0.712. The highest BCUT2D eigenvalue weighted by atomic mass is 32.1. The number of benzene rings is 1. The zero-order chi connectivity index (χ0) is 15.5. The molecule has 0 N–H and O–H groups in total. The van der Waals surface area contributed by atoms with Crippen LogP contribution in [0.2, 0.25) is 0 Å². The molecule has 0 fully saturated rings. The molecule has 1 aliphatic rings. The molecular weight excluding hydrogens is 296 g/mol. The first-order valence-electron chi connectivity index (χ1n) is 7.33. The zero-order valence-electron chi connectivity index (χ0n) is 12.7. The number of hydrazone groups is 1. The number of thiophene rings is 1. The molecule has 0 radical (unpaired) electrons. The van der Waals surface area contributed by atoms with Crippen LogP contribution in [-0.2, 0) is 4.79 Å². The Morgan fingerprint density at radius 1 is 1.36 bits per heavy atom. The van der Waals surface area contributed by atoms with E-state index in [1.165, 1.54) is 0 Å². The summed E-state index contributed by atoms with van der Waals surface area (Å²) in [6, 6.07) is 11.8. The molecule has 2 heterocycles. The van der Waals surface area contributed by atoms with Gasteiger partial charge in [-0.1, -0.05) is 24.3 Å². The van der Waals surface area contributed by atoms with Crippen molar-refractivity contribution in [2.45, 2.75) is 26.3 Å². The molecule has 1 amide bonds. The molecule has 114 valence electrons. The number of ether oxygens (including phenoxy) is 1. The van der Waals surface area contributed by atoms with Crippen LogP contribution < -0.4 is 4.74 Å². The maximum absolute atomic E-state index is 12.0. The van der Waals surface area contributed by atoms with Crippen LogP contribution >= 0.6 is 11.3 Å². The van der Waals surface area contributed by atoms with Gasteiger partial charge in [-0.15, -0.1) is 11.3 Å². The Balaban J connectivity index is 1.96. The summed E-state index contributed by atoms with van der Waals surface area (Å²) < 4.78 is 5.72. The van der Waals surface area contributed by atoms with Gasteiger partial charge in [-0.3, -0.25) is 4.79 Å². The Morgan fingerprint density at radius 3 is 2.86 bits per heavy atom. The molecule has 1 aromatic carbocycles. The fourth-order valence-corrected chi connectivity index (χ4v) is 3.40. The lowest BCUT2D eigenvalue weighted by atomic mass is 10.00. The van der Waals surface area contributed by atoms with Crippen molar-refractivity contribution in [1.29, 1.82) is 0 Å². The van der Waals surface area contributed by atoms with Crippen LogP contribution in [0.15, 0.2) is 46.9 Å². The minimum atomic E-state index is -0.0997. The Morgan fingerprint density at radius 2 is 2.18 bits per heavy atom. The molecule has 0 spiro atoms. The van der Waals surface area contributed by atoms with Gasteiger partial charge < -0.3 is 4.74 Å². The molecular formula is C17H18N2O2S. The van der Waals surface area contributed by atoms with Gasteiger partial charge in [0.15, 0.2) is 0 Å². The van der Waals surface area contributed by atoms with Crippen LogP contribution in [0.1, 0.15) is 36.8 Å². The molecule has 0 bridgehead atoms. The molecule has 5 heteroatoms. The molecule has 22 heavy (non-hydrogen) atoms. The number of para-hydroxylation sites is 1. The normalized spacial score (nSPS) is 17.5. The van der Waals surface area contributed by atoms with Crippen LogP contribution in [0.25, 0.3) is 0 Å². The average Bonchev–Trinajstić information content (AvgIpc) is 3.17. The SMILES string of the molecule is CCOc1ccccc1[C@@H]1CC(c2cccs2)=NN1C(C)=O. The lowest BCUT2D eigenvalue weighted by molar-refractivity contribution is -0.130. The molecule has 0 saturated carbocycles. The van der Waals surface area contributed by atoms with E-state index in [2.05, 4.69) is 5.10 Å². The fourth-order valence-electron chi connectivity index (χ4n) is 2.68. The maximum atomic E-state index is 12.0. The van der Waals surface area contributed by atoms with Gasteiger partial charge in [-0.25, -0.2) is 5.01 Å². The van der Waals surface area contributed by atoms with Crippen molar-refractivity contribution < 1.29 is 9.53 Å². The van der Waals surface area contributed by atoms with E-state index in [9.17, 15) is 4.79 Å². The first-order valence-corrected chi connectivity index (χ1v) is 8.21. The van der Waals surface area contributed by atoms with Gasteiger partial charge in [0.2, 0.25) is 5.91 Å². The van der Waals surface area contributed by atoms with Crippen LogP contribution in [0, 0.1) is 0 Å². The van der Waals surface area contributed by atoms with E-state index in [1.54, 1.807) is 23.3 Å². The average molecular weight is 314 g/mol. The molecule has 0 saturated heterocycles. The van der Waals surface area contributed by atoms with Gasteiger partial charge >= 0.3 is 0 Å². The minimum Gasteiger partial charge on any atom is -0.494 e. The number of hydrogen-bond donors (Lipinski definition) is 0. The lowest BCUT2D eigenvalue weighted by Crippen LogP contribution is -2.24. The van der Waals surface area contributed by atoms with E-state index in [-0.39, 0.29) is 11.9 Å². The van der Waals surface area contributed by atoms with Crippen LogP contribution in [0.4, 0.5) is 0 Å². The predicted molar refractivity (Wildman–Crippen MR) is 88.3 cm³/mol. The topological polar surface area (TPSA) is 41.9 Å². The van der Waals surface area contributed by atoms with Crippen LogP contribution in [-0.4, -0.2) is 23.2 Å². The molecule has 4 nitrogen and oxygen atoms in total. The molecule has 0 aliphatic carbocycles. The number of hydrogen-bond acceptors (Lipinski definition) is 4. The third kappa shape index (κ3) is 2.76. The Labute approximate surface area is 134 Å². The Kier molecular flexibility index (Phi) is 4.24. The van der Waals surface area contributed by atoms with Gasteiger partial charge in [0.1, 0.15) is 5.75 Å². The fraction of sp³-hybridized carbons (Fsp3) is 0.294. The maximum Gasteiger partial charge on any atom is 0.240 e. The first kappa shape index (κ1) is 14.8. The monoisotopic (exact) mass is 314 g/mol. The number of nitrogens with zero attached hydrogens (tertiary/aromatic N) is 2. The summed E-state index contributed by atoms with van der Waals surface area (Å²) in [5, 5.41) is 8.15. The Bertz CT molecular complexity index is 694. The van der Waals surface area contributed by atoms with E-state index in [4.69, 9.17) is 4.74 Å². The summed E-state index contributed by atoms with van der Waals surface area (Å²) in [5.74, 6) is 0.770. The second-order valence-electron chi connectivity index (χ2n) is 5.08. The van der Waals surface area contributed by atoms with Crippen LogP contribution in [0.5, 0.6) is 5.75 Å². The third-order valence-corrected chi connectivity index (χ3v) is 4.54. The Hall–Kier alpha value is -2.14. The molecule has 1 aliphatic heterocycles. The smallest absolute Gasteiger partial charge is 0.240 e. The van der Waals surface area contributed by atoms with Gasteiger partial charge in [-0.05, 0) is 24.4 Å². The number of amides is 1. The van der Waals surface area contributed by atoms with E-state index in [0.717, 1.165) is 21.9 Å². The van der Waals surface area contributed by atoms with Crippen molar-refractivity contribution in [3.63, 3.8) is 0 Å². The van der Waals surface area contributed by atoms with Crippen LogP contribution in [0.3, 0.4) is 0 Å². The minimum absolute atomic E-state index is 0.0529. The summed E-state index contributed by atoms with van der Waals surface area (Å²) >= 11 is 1.65. The van der Waals surface area contributed by atoms with Crippen molar-refractivity contribution in [2.75, 3.05) is 6.61 Å². The molecule has 1 aromatic heterocycles. The number of carbonyl (C=O) groups is 1. The van der Waals surface area contributed by atoms with E-state index in [0.29, 0.717) is 13.0 Å². The lowest BCUT2D eigenvalue weighted by Gasteiger charge is -2.22. The molecule has 3 rings (SSSR count). The van der Waals surface area contributed by atoms with Crippen molar-refractivity contribution in [3.05, 3.63) is 52.2 Å². The second-order valence-corrected chi connectivity index (χ2v) is 6.03. The molecule has 2 aromatic rings. The summed E-state index contributed by atoms with van der Waals surface area (Å²) in [6.45, 7) is 4.11. The molecule has 1 atom stereocenters. The largest absolute Gasteiger partial charge is 0.494 e. The van der Waals surface area contributed by atoms with Gasteiger partial charge in [-0.2, -0.15) is 5.10 Å². The van der Waals surface area contributed by atoms with E-state index < -0.39 is 0 Å². The summed E-state index contributed by atoms with van der Waals surface area (Å²) in [4.78, 5) is 13.1. The van der Waals surface area contributed by atoms with Gasteiger partial charge in [0.05, 0.1) is 23.2 Å². The highest BCUT2D eigenvalue weighted by Gasteiger charge is 2.33. The number of rotatable bonds is 4. The third-order valence-electron chi connectivity index (χ3n) is 3.62. The standard InChI is InChI=1S/C17H18N2O2S/c1-3-21-16-8-5-4-7-13(16)15-11-14(17-9-6-10-22-17)18-19(15)12(2)20/h4-10,15H,3,11H2,1-2H3/t15-/m0/s1. The van der Waals surface area contributed by atoms with E-state index >= 15 is 0 Å². The number of carbonyl (C=O) groups excluding carboxylic acids is 1. The van der Waals surface area contributed by atoms with Crippen molar-refractivity contribution in [3.8, 4) is 5.75 Å². The quantitative estimate of drug-likeness (QED) is 0.860. The van der Waals surface area contributed by atoms with Gasteiger partial charge in [0, 0.05) is 18.9 Å². The van der Waals surface area contributed by atoms with Crippen molar-refractivity contribution >= 4 is 23.0 Å². The molecule has 0 unspecified atom stereocenters. The van der Waals surface area contributed by atoms with Gasteiger partial charge in [0.25, 0.3) is 0 Å². The van der Waals surface area contributed by atoms with Crippen molar-refractivity contribution in [2.24, 2.45) is 5.10 Å². The van der Waals surface area contributed by atoms with Crippen molar-refractivity contribution in [1.82, 2.24) is 5.01 Å². The first-order chi connectivity index (χ1) is 10.7. The predicted octanol–water partition coefficient (Wildman–Crippen LogP) is 3.84. The van der Waals surface area contributed by atoms with E-state index in [1.807, 2.05) is 48.7 Å².